The van der Waals surface area contributed by atoms with Crippen molar-refractivity contribution in [1.82, 2.24) is 10.2 Å². The molecule has 2 aromatic carbocycles. The number of esters is 1. The molecule has 1 aliphatic carbocycles. The van der Waals surface area contributed by atoms with Crippen molar-refractivity contribution in [3.05, 3.63) is 42.5 Å². The molecule has 2 N–H and O–H groups in total. The maximum Gasteiger partial charge on any atom is 0.326 e. The van der Waals surface area contributed by atoms with Gasteiger partial charge in [0.2, 0.25) is 0 Å². The van der Waals surface area contributed by atoms with E-state index in [9.17, 15) is 19.2 Å². The molecule has 8 heteroatoms. The molecule has 31 heavy (non-hydrogen) atoms. The Bertz CT molecular complexity index is 1050. The molecule has 8 nitrogen and oxygen atoms in total. The van der Waals surface area contributed by atoms with Gasteiger partial charge < -0.3 is 15.4 Å². The number of nitrogens with one attached hydrogen (secondary N) is 2. The minimum atomic E-state index is -0.929. The molecule has 2 fully saturated rings. The van der Waals surface area contributed by atoms with E-state index in [1.165, 1.54) is 0 Å². The van der Waals surface area contributed by atoms with Gasteiger partial charge >= 0.3 is 12.0 Å². The number of carbonyl (C=O) groups excluding carboxylic acids is 4. The molecule has 1 spiro atoms. The number of benzene rings is 2. The molecular formula is C23H25N3O5. The highest BCUT2D eigenvalue weighted by atomic mass is 16.5. The molecule has 1 saturated heterocycles. The van der Waals surface area contributed by atoms with Crippen LogP contribution in [0.1, 0.15) is 32.6 Å². The van der Waals surface area contributed by atoms with Gasteiger partial charge in [0.25, 0.3) is 11.8 Å². The lowest BCUT2D eigenvalue weighted by Crippen LogP contribution is -2.54. The summed E-state index contributed by atoms with van der Waals surface area (Å²) in [6.07, 6.45) is 3.28. The fourth-order valence-corrected chi connectivity index (χ4v) is 4.48. The molecular weight excluding hydrogens is 398 g/mol. The highest BCUT2D eigenvalue weighted by molar-refractivity contribution is 6.09. The molecule has 162 valence electrons. The van der Waals surface area contributed by atoms with E-state index in [1.54, 1.807) is 6.07 Å². The van der Waals surface area contributed by atoms with Crippen LogP contribution in [-0.2, 0) is 19.1 Å². The van der Waals surface area contributed by atoms with Crippen molar-refractivity contribution < 1.29 is 23.9 Å². The molecule has 2 aromatic rings. The predicted molar refractivity (Wildman–Crippen MR) is 114 cm³/mol. The van der Waals surface area contributed by atoms with Crippen LogP contribution in [-0.4, -0.2) is 47.4 Å². The van der Waals surface area contributed by atoms with Crippen molar-refractivity contribution in [1.29, 1.82) is 0 Å². The Balaban J connectivity index is 1.33. The maximum atomic E-state index is 12.9. The van der Waals surface area contributed by atoms with Gasteiger partial charge in [-0.3, -0.25) is 19.3 Å². The maximum absolute atomic E-state index is 12.9. The van der Waals surface area contributed by atoms with Gasteiger partial charge in [0.15, 0.2) is 6.61 Å². The summed E-state index contributed by atoms with van der Waals surface area (Å²) in [5.74, 6) is -1.69. The molecule has 1 heterocycles. The number of ether oxygens (including phenoxy) is 1. The van der Waals surface area contributed by atoms with Crippen molar-refractivity contribution >= 4 is 40.3 Å². The summed E-state index contributed by atoms with van der Waals surface area (Å²) in [6.45, 7) is 0.921. The van der Waals surface area contributed by atoms with E-state index in [0.29, 0.717) is 12.1 Å². The van der Waals surface area contributed by atoms with Gasteiger partial charge in [-0.2, -0.15) is 0 Å². The lowest BCUT2D eigenvalue weighted by atomic mass is 9.73. The molecule has 0 bridgehead atoms. The van der Waals surface area contributed by atoms with E-state index in [1.807, 2.05) is 43.3 Å². The van der Waals surface area contributed by atoms with Crippen LogP contribution in [0, 0.1) is 5.92 Å². The summed E-state index contributed by atoms with van der Waals surface area (Å²) in [4.78, 5) is 50.6. The first kappa shape index (κ1) is 20.8. The first-order valence-corrected chi connectivity index (χ1v) is 10.5. The van der Waals surface area contributed by atoms with Crippen LogP contribution < -0.4 is 10.6 Å². The molecule has 4 amide bonds. The Labute approximate surface area is 179 Å². The van der Waals surface area contributed by atoms with Crippen molar-refractivity contribution in [2.45, 2.75) is 38.1 Å². The molecule has 0 radical (unpaired) electrons. The van der Waals surface area contributed by atoms with Crippen LogP contribution in [0.2, 0.25) is 0 Å². The number of imide groups is 1. The minimum Gasteiger partial charge on any atom is -0.454 e. The van der Waals surface area contributed by atoms with Crippen LogP contribution in [0.5, 0.6) is 0 Å². The Morgan fingerprint density at radius 3 is 2.74 bits per heavy atom. The van der Waals surface area contributed by atoms with Crippen molar-refractivity contribution in [3.8, 4) is 0 Å². The Kier molecular flexibility index (Phi) is 5.63. The molecule has 2 atom stereocenters. The second kappa shape index (κ2) is 8.37. The first-order chi connectivity index (χ1) is 14.9. The third-order valence-electron chi connectivity index (χ3n) is 6.22. The number of anilines is 1. The Hall–Kier alpha value is -3.42. The van der Waals surface area contributed by atoms with Crippen LogP contribution in [0.15, 0.2) is 42.5 Å². The van der Waals surface area contributed by atoms with Gasteiger partial charge in [-0.05, 0) is 30.2 Å². The quantitative estimate of drug-likeness (QED) is 0.568. The van der Waals surface area contributed by atoms with Gasteiger partial charge in [-0.25, -0.2) is 4.79 Å². The Morgan fingerprint density at radius 2 is 1.94 bits per heavy atom. The normalized spacial score (nSPS) is 23.1. The summed E-state index contributed by atoms with van der Waals surface area (Å²) >= 11 is 0. The average Bonchev–Trinajstić information content (AvgIpc) is 2.99. The fourth-order valence-electron chi connectivity index (χ4n) is 4.48. The second-order valence-electron chi connectivity index (χ2n) is 8.18. The SMILES string of the molecule is C[C@H]1CCCC[C@]12NC(=O)N(CC(=O)OCC(=O)Nc1cccc3ccccc13)C2=O. The molecule has 1 saturated carbocycles. The van der Waals surface area contributed by atoms with E-state index in [0.717, 1.165) is 34.9 Å². The van der Waals surface area contributed by atoms with Gasteiger partial charge in [-0.1, -0.05) is 56.2 Å². The first-order valence-electron chi connectivity index (χ1n) is 10.5. The number of hydrogen-bond donors (Lipinski definition) is 2. The second-order valence-corrected chi connectivity index (χ2v) is 8.18. The number of rotatable bonds is 5. The minimum absolute atomic E-state index is 0.00481. The number of nitrogens with zero attached hydrogens (tertiary/aromatic N) is 1. The van der Waals surface area contributed by atoms with E-state index < -0.39 is 36.6 Å². The highest BCUT2D eigenvalue weighted by Gasteiger charge is 2.55. The summed E-state index contributed by atoms with van der Waals surface area (Å²) in [7, 11) is 0. The number of hydrogen-bond acceptors (Lipinski definition) is 5. The highest BCUT2D eigenvalue weighted by Crippen LogP contribution is 2.38. The van der Waals surface area contributed by atoms with E-state index in [-0.39, 0.29) is 11.8 Å². The molecule has 0 aromatic heterocycles. The van der Waals surface area contributed by atoms with Crippen molar-refractivity contribution in [2.75, 3.05) is 18.5 Å². The zero-order valence-corrected chi connectivity index (χ0v) is 17.3. The fraction of sp³-hybridized carbons (Fsp3) is 0.391. The summed E-state index contributed by atoms with van der Waals surface area (Å²) in [6, 6.07) is 12.5. The number of carbonyl (C=O) groups is 4. The lowest BCUT2D eigenvalue weighted by Gasteiger charge is -2.36. The molecule has 1 aliphatic heterocycles. The lowest BCUT2D eigenvalue weighted by molar-refractivity contribution is -0.150. The smallest absolute Gasteiger partial charge is 0.326 e. The van der Waals surface area contributed by atoms with Crippen molar-refractivity contribution in [2.24, 2.45) is 5.92 Å². The third-order valence-corrected chi connectivity index (χ3v) is 6.22. The van der Waals surface area contributed by atoms with E-state index in [4.69, 9.17) is 4.74 Å². The van der Waals surface area contributed by atoms with E-state index in [2.05, 4.69) is 10.6 Å². The van der Waals surface area contributed by atoms with Crippen LogP contribution in [0.4, 0.5) is 10.5 Å². The third kappa shape index (κ3) is 3.97. The largest absolute Gasteiger partial charge is 0.454 e. The van der Waals surface area contributed by atoms with Gasteiger partial charge in [-0.15, -0.1) is 0 Å². The van der Waals surface area contributed by atoms with Crippen LogP contribution in [0.3, 0.4) is 0 Å². The van der Waals surface area contributed by atoms with Crippen LogP contribution >= 0.6 is 0 Å². The zero-order valence-electron chi connectivity index (χ0n) is 17.3. The predicted octanol–water partition coefficient (Wildman–Crippen LogP) is 2.82. The monoisotopic (exact) mass is 423 g/mol. The average molecular weight is 423 g/mol. The molecule has 2 aliphatic rings. The van der Waals surface area contributed by atoms with Gasteiger partial charge in [0.1, 0.15) is 12.1 Å². The summed E-state index contributed by atoms with van der Waals surface area (Å²) < 4.78 is 5.02. The molecule has 4 rings (SSSR count). The number of amides is 4. The van der Waals surface area contributed by atoms with E-state index >= 15 is 0 Å². The number of urea groups is 1. The van der Waals surface area contributed by atoms with Crippen LogP contribution in [0.25, 0.3) is 10.8 Å². The molecule has 0 unspecified atom stereocenters. The zero-order chi connectivity index (χ0) is 22.0. The topological polar surface area (TPSA) is 105 Å². The van der Waals surface area contributed by atoms with Crippen molar-refractivity contribution in [3.63, 3.8) is 0 Å². The standard InChI is InChI=1S/C23H25N3O5/c1-15-7-4-5-12-23(15)21(29)26(22(30)25-23)13-20(28)31-14-19(27)24-18-11-6-9-16-8-2-3-10-17(16)18/h2-3,6,8-11,15H,4-5,7,12-14H2,1H3,(H,24,27)(H,25,30)/t15-,23-/m0/s1. The summed E-state index contributed by atoms with van der Waals surface area (Å²) in [5.41, 5.74) is -0.317. The Morgan fingerprint density at radius 1 is 1.16 bits per heavy atom. The summed E-state index contributed by atoms with van der Waals surface area (Å²) in [5, 5.41) is 7.36. The van der Waals surface area contributed by atoms with Gasteiger partial charge in [0, 0.05) is 11.1 Å². The van der Waals surface area contributed by atoms with Gasteiger partial charge in [0.05, 0.1) is 0 Å². The number of fused-ring (bicyclic) bond motifs is 1.